The fraction of sp³-hybridized carbons (Fsp3) is 0.800. The van der Waals surface area contributed by atoms with Gasteiger partial charge in [-0.15, -0.1) is 0 Å². The first kappa shape index (κ1) is 11.2. The second-order valence-corrected chi connectivity index (χ2v) is 4.11. The van der Waals surface area contributed by atoms with E-state index in [2.05, 4.69) is 11.9 Å². The normalized spacial score (nSPS) is 23.1. The Morgan fingerprint density at radius 1 is 1.64 bits per heavy atom. The minimum absolute atomic E-state index is 0.381. The molecule has 1 heterocycles. The molecule has 0 radical (unpaired) electrons. The highest BCUT2D eigenvalue weighted by molar-refractivity contribution is 6.23. The second-order valence-electron chi connectivity index (χ2n) is 4.11. The van der Waals surface area contributed by atoms with Crippen LogP contribution in [0.1, 0.15) is 12.8 Å². The van der Waals surface area contributed by atoms with Gasteiger partial charge in [0.05, 0.1) is 0 Å². The molecule has 0 aliphatic carbocycles. The summed E-state index contributed by atoms with van der Waals surface area (Å²) in [6, 6.07) is 0. The maximum absolute atomic E-state index is 11.0. The van der Waals surface area contributed by atoms with Crippen molar-refractivity contribution in [3.63, 3.8) is 0 Å². The molecule has 0 saturated carbocycles. The van der Waals surface area contributed by atoms with E-state index in [4.69, 9.17) is 0 Å². The third-order valence-electron chi connectivity index (χ3n) is 2.73. The Hall–Kier alpha value is -0.900. The molecular weight excluding hydrogens is 180 g/mol. The van der Waals surface area contributed by atoms with Gasteiger partial charge in [-0.3, -0.25) is 9.59 Å². The first-order chi connectivity index (χ1) is 6.63. The average molecular weight is 198 g/mol. The van der Waals surface area contributed by atoms with Gasteiger partial charge in [0, 0.05) is 20.1 Å². The highest BCUT2D eigenvalue weighted by Gasteiger charge is 2.20. The highest BCUT2D eigenvalue weighted by Crippen LogP contribution is 2.15. The van der Waals surface area contributed by atoms with Crippen molar-refractivity contribution in [1.82, 2.24) is 9.80 Å². The Balaban J connectivity index is 2.35. The molecule has 1 fully saturated rings. The molecule has 1 atom stereocenters. The van der Waals surface area contributed by atoms with Crippen LogP contribution < -0.4 is 0 Å². The van der Waals surface area contributed by atoms with Crippen LogP contribution in [0.5, 0.6) is 0 Å². The molecule has 1 aliphatic heterocycles. The lowest BCUT2D eigenvalue weighted by molar-refractivity contribution is -0.138. The number of piperidine rings is 1. The lowest BCUT2D eigenvalue weighted by Gasteiger charge is -2.31. The van der Waals surface area contributed by atoms with Crippen LogP contribution in [0.25, 0.3) is 0 Å². The summed E-state index contributed by atoms with van der Waals surface area (Å²) in [5, 5.41) is 0. The lowest BCUT2D eigenvalue weighted by Crippen LogP contribution is -2.40. The van der Waals surface area contributed by atoms with Gasteiger partial charge in [0.1, 0.15) is 0 Å². The second kappa shape index (κ2) is 5.10. The van der Waals surface area contributed by atoms with Crippen LogP contribution in [0.15, 0.2) is 0 Å². The zero-order valence-corrected chi connectivity index (χ0v) is 8.90. The molecule has 0 bridgehead atoms. The number of aldehydes is 1. The molecule has 1 rings (SSSR count). The molecule has 1 aliphatic rings. The van der Waals surface area contributed by atoms with Crippen LogP contribution in [0.2, 0.25) is 0 Å². The predicted molar refractivity (Wildman–Crippen MR) is 53.9 cm³/mol. The van der Waals surface area contributed by atoms with E-state index in [-0.39, 0.29) is 0 Å². The number of amides is 1. The molecule has 1 unspecified atom stereocenters. The van der Waals surface area contributed by atoms with Crippen LogP contribution in [0.4, 0.5) is 0 Å². The summed E-state index contributed by atoms with van der Waals surface area (Å²) in [6.45, 7) is 2.86. The summed E-state index contributed by atoms with van der Waals surface area (Å²) in [4.78, 5) is 25.0. The van der Waals surface area contributed by atoms with Crippen LogP contribution in [-0.4, -0.2) is 55.7 Å². The van der Waals surface area contributed by atoms with Crippen LogP contribution in [-0.2, 0) is 9.59 Å². The van der Waals surface area contributed by atoms with E-state index < -0.39 is 5.91 Å². The van der Waals surface area contributed by atoms with Crippen molar-refractivity contribution in [3.05, 3.63) is 0 Å². The Kier molecular flexibility index (Phi) is 4.07. The summed E-state index contributed by atoms with van der Waals surface area (Å²) < 4.78 is 0. The number of likely N-dealkylation sites (tertiary alicyclic amines) is 1. The van der Waals surface area contributed by atoms with Crippen molar-refractivity contribution in [1.29, 1.82) is 0 Å². The molecule has 0 N–H and O–H groups in total. The van der Waals surface area contributed by atoms with E-state index in [1.807, 2.05) is 0 Å². The number of nitrogens with zero attached hydrogens (tertiary/aromatic N) is 2. The first-order valence-corrected chi connectivity index (χ1v) is 5.02. The zero-order chi connectivity index (χ0) is 10.6. The molecule has 1 amide bonds. The first-order valence-electron chi connectivity index (χ1n) is 5.02. The van der Waals surface area contributed by atoms with Gasteiger partial charge in [0.15, 0.2) is 0 Å². The van der Waals surface area contributed by atoms with E-state index in [1.165, 1.54) is 11.3 Å². The Morgan fingerprint density at radius 2 is 2.36 bits per heavy atom. The van der Waals surface area contributed by atoms with Gasteiger partial charge in [-0.2, -0.15) is 0 Å². The van der Waals surface area contributed by atoms with E-state index in [9.17, 15) is 9.59 Å². The fourth-order valence-corrected chi connectivity index (χ4v) is 1.99. The van der Waals surface area contributed by atoms with E-state index in [0.717, 1.165) is 19.5 Å². The van der Waals surface area contributed by atoms with Gasteiger partial charge in [0.2, 0.25) is 6.29 Å². The summed E-state index contributed by atoms with van der Waals surface area (Å²) in [5.74, 6) is 0.0980. The van der Waals surface area contributed by atoms with Crippen LogP contribution in [0.3, 0.4) is 0 Å². The summed E-state index contributed by atoms with van der Waals surface area (Å²) in [5.41, 5.74) is 0. The van der Waals surface area contributed by atoms with Crippen LogP contribution in [0, 0.1) is 5.92 Å². The van der Waals surface area contributed by atoms with Crippen LogP contribution >= 0.6 is 0 Å². The number of carbonyl (C=O) groups is 2. The largest absolute Gasteiger partial charge is 0.339 e. The minimum atomic E-state index is -0.418. The third-order valence-corrected chi connectivity index (χ3v) is 2.73. The molecule has 0 aromatic heterocycles. The van der Waals surface area contributed by atoms with Crippen molar-refractivity contribution in [2.24, 2.45) is 5.92 Å². The van der Waals surface area contributed by atoms with Crippen molar-refractivity contribution >= 4 is 12.2 Å². The van der Waals surface area contributed by atoms with Gasteiger partial charge < -0.3 is 9.80 Å². The van der Waals surface area contributed by atoms with Gasteiger partial charge in [-0.25, -0.2) is 0 Å². The van der Waals surface area contributed by atoms with Crippen molar-refractivity contribution < 1.29 is 9.59 Å². The number of likely N-dealkylation sites (N-methyl/N-ethyl adjacent to an activating group) is 1. The standard InChI is InChI=1S/C10H18N2O2/c1-11-5-3-4-9(6-11)7-12(2)10(14)8-13/h8-9H,3-7H2,1-2H3. The quantitative estimate of drug-likeness (QED) is 0.473. The Morgan fingerprint density at radius 3 is 2.93 bits per heavy atom. The Bertz CT molecular complexity index is 218. The number of hydrogen-bond acceptors (Lipinski definition) is 3. The lowest BCUT2D eigenvalue weighted by atomic mass is 9.98. The van der Waals surface area contributed by atoms with Gasteiger partial charge in [-0.1, -0.05) is 0 Å². The summed E-state index contributed by atoms with van der Waals surface area (Å²) in [6.07, 6.45) is 2.72. The molecule has 0 spiro atoms. The minimum Gasteiger partial charge on any atom is -0.339 e. The topological polar surface area (TPSA) is 40.6 Å². The molecule has 4 heteroatoms. The molecule has 80 valence electrons. The SMILES string of the molecule is CN1CCCC(CN(C)C(=O)C=O)C1. The third kappa shape index (κ3) is 3.10. The smallest absolute Gasteiger partial charge is 0.286 e. The molecule has 0 aromatic rings. The number of hydrogen-bond donors (Lipinski definition) is 0. The van der Waals surface area contributed by atoms with Crippen molar-refractivity contribution in [3.8, 4) is 0 Å². The maximum atomic E-state index is 11.0. The molecule has 0 aromatic carbocycles. The summed E-state index contributed by atoms with van der Waals surface area (Å²) >= 11 is 0. The van der Waals surface area contributed by atoms with Crippen molar-refractivity contribution in [2.45, 2.75) is 12.8 Å². The number of carbonyl (C=O) groups excluding carboxylic acids is 2. The fourth-order valence-electron chi connectivity index (χ4n) is 1.99. The molecule has 4 nitrogen and oxygen atoms in total. The van der Waals surface area contributed by atoms with E-state index in [1.54, 1.807) is 7.05 Å². The molecule has 14 heavy (non-hydrogen) atoms. The van der Waals surface area contributed by atoms with Crippen molar-refractivity contribution in [2.75, 3.05) is 33.7 Å². The average Bonchev–Trinajstić information content (AvgIpc) is 2.16. The summed E-state index contributed by atoms with van der Waals surface area (Å²) in [7, 11) is 3.78. The Labute approximate surface area is 84.9 Å². The molecular formula is C10H18N2O2. The number of rotatable bonds is 3. The van der Waals surface area contributed by atoms with Gasteiger partial charge in [-0.05, 0) is 32.4 Å². The van der Waals surface area contributed by atoms with E-state index in [0.29, 0.717) is 18.7 Å². The van der Waals surface area contributed by atoms with Gasteiger partial charge in [0.25, 0.3) is 5.91 Å². The maximum Gasteiger partial charge on any atom is 0.286 e. The zero-order valence-electron chi connectivity index (χ0n) is 8.90. The van der Waals surface area contributed by atoms with Gasteiger partial charge >= 0.3 is 0 Å². The highest BCUT2D eigenvalue weighted by atomic mass is 16.2. The monoisotopic (exact) mass is 198 g/mol. The molecule has 1 saturated heterocycles. The van der Waals surface area contributed by atoms with E-state index >= 15 is 0 Å². The predicted octanol–water partition coefficient (Wildman–Crippen LogP) is -0.0145.